The fraction of sp³-hybridized carbons (Fsp3) is 0.438. The summed E-state index contributed by atoms with van der Waals surface area (Å²) in [4.78, 5) is 22.3. The number of carbonyl (C=O) groups excluding carboxylic acids is 1. The number of hydrogen-bond donors (Lipinski definition) is 1. The number of nitrogens with one attached hydrogen (secondary N) is 1. The van der Waals surface area contributed by atoms with Gasteiger partial charge in [0.2, 0.25) is 0 Å². The Hall–Kier alpha value is -2.97. The molecule has 9 heteroatoms. The molecule has 1 unspecified atom stereocenters. The second kappa shape index (κ2) is 6.88. The first-order valence-electron chi connectivity index (χ1n) is 8.06. The summed E-state index contributed by atoms with van der Waals surface area (Å²) in [6.07, 6.45) is 3.13. The topological polar surface area (TPSA) is 112 Å². The van der Waals surface area contributed by atoms with E-state index in [-0.39, 0.29) is 17.3 Å². The van der Waals surface area contributed by atoms with Crippen LogP contribution in [0.5, 0.6) is 0 Å². The summed E-state index contributed by atoms with van der Waals surface area (Å²) in [5.41, 5.74) is 0.199. The van der Waals surface area contributed by atoms with Crippen molar-refractivity contribution < 1.29 is 14.5 Å². The Labute approximate surface area is 144 Å². The van der Waals surface area contributed by atoms with Gasteiger partial charge in [0, 0.05) is 24.7 Å². The summed E-state index contributed by atoms with van der Waals surface area (Å²) in [5.74, 6) is 1.05. The van der Waals surface area contributed by atoms with Crippen molar-refractivity contribution in [2.45, 2.75) is 38.8 Å². The van der Waals surface area contributed by atoms with Gasteiger partial charge in [-0.15, -0.1) is 10.2 Å². The number of carbonyl (C=O) groups is 1. The maximum Gasteiger partial charge on any atom is 0.344 e. The van der Waals surface area contributed by atoms with Crippen molar-refractivity contribution in [2.75, 3.05) is 12.4 Å². The van der Waals surface area contributed by atoms with E-state index in [0.717, 1.165) is 37.5 Å². The first-order valence-corrected chi connectivity index (χ1v) is 8.06. The number of hydrogen-bond acceptors (Lipinski definition) is 7. The standard InChI is InChI=1S/C16H19N5O4/c1-10(15-19-18-14-5-3-4-8-20(14)15)17-11-6-7-13(21(23)24)12(9-11)16(22)25-2/h6-7,9-10,17H,3-5,8H2,1-2H3. The highest BCUT2D eigenvalue weighted by atomic mass is 16.6. The normalized spacial score (nSPS) is 14.5. The van der Waals surface area contributed by atoms with Gasteiger partial charge >= 0.3 is 5.97 Å². The van der Waals surface area contributed by atoms with Crippen LogP contribution in [0.15, 0.2) is 18.2 Å². The Morgan fingerprint density at radius 1 is 1.40 bits per heavy atom. The molecule has 0 bridgehead atoms. The Morgan fingerprint density at radius 3 is 2.92 bits per heavy atom. The predicted molar refractivity (Wildman–Crippen MR) is 89.4 cm³/mol. The number of nitro groups is 1. The smallest absolute Gasteiger partial charge is 0.344 e. The van der Waals surface area contributed by atoms with Crippen LogP contribution in [-0.4, -0.2) is 32.8 Å². The molecule has 2 aromatic rings. The van der Waals surface area contributed by atoms with Gasteiger partial charge in [0.25, 0.3) is 5.69 Å². The van der Waals surface area contributed by atoms with Crippen molar-refractivity contribution in [3.05, 3.63) is 45.5 Å². The summed E-state index contributed by atoms with van der Waals surface area (Å²) in [6.45, 7) is 2.82. The molecule has 3 rings (SSSR count). The highest BCUT2D eigenvalue weighted by molar-refractivity contribution is 5.95. The van der Waals surface area contributed by atoms with Crippen LogP contribution in [-0.2, 0) is 17.7 Å². The van der Waals surface area contributed by atoms with E-state index in [1.54, 1.807) is 6.07 Å². The summed E-state index contributed by atoms with van der Waals surface area (Å²) in [5, 5.41) is 22.8. The molecule has 1 N–H and O–H groups in total. The molecule has 2 heterocycles. The van der Waals surface area contributed by atoms with Gasteiger partial charge in [-0.25, -0.2) is 4.79 Å². The first kappa shape index (κ1) is 16.9. The molecule has 9 nitrogen and oxygen atoms in total. The first-order chi connectivity index (χ1) is 12.0. The lowest BCUT2D eigenvalue weighted by atomic mass is 10.1. The summed E-state index contributed by atoms with van der Waals surface area (Å²) < 4.78 is 6.74. The molecule has 0 aliphatic carbocycles. The van der Waals surface area contributed by atoms with Crippen molar-refractivity contribution in [1.29, 1.82) is 0 Å². The van der Waals surface area contributed by atoms with Crippen molar-refractivity contribution in [3.8, 4) is 0 Å². The molecule has 1 aromatic carbocycles. The number of aryl methyl sites for hydroxylation is 1. The van der Waals surface area contributed by atoms with E-state index in [1.807, 2.05) is 6.92 Å². The minimum Gasteiger partial charge on any atom is -0.465 e. The van der Waals surface area contributed by atoms with E-state index in [9.17, 15) is 14.9 Å². The number of anilines is 1. The molecule has 0 saturated carbocycles. The molecule has 1 aliphatic heterocycles. The quantitative estimate of drug-likeness (QED) is 0.503. The molecule has 25 heavy (non-hydrogen) atoms. The van der Waals surface area contributed by atoms with Crippen molar-refractivity contribution in [1.82, 2.24) is 14.8 Å². The van der Waals surface area contributed by atoms with Crippen LogP contribution in [0.1, 0.15) is 47.8 Å². The number of methoxy groups -OCH3 is 1. The zero-order chi connectivity index (χ0) is 18.0. The third-order valence-electron chi connectivity index (χ3n) is 4.26. The predicted octanol–water partition coefficient (Wildman–Crippen LogP) is 2.48. The van der Waals surface area contributed by atoms with E-state index in [1.165, 1.54) is 19.2 Å². The number of fused-ring (bicyclic) bond motifs is 1. The van der Waals surface area contributed by atoms with Crippen LogP contribution < -0.4 is 5.32 Å². The molecule has 132 valence electrons. The van der Waals surface area contributed by atoms with Gasteiger partial charge in [0.05, 0.1) is 18.1 Å². The van der Waals surface area contributed by atoms with Crippen molar-refractivity contribution >= 4 is 17.3 Å². The second-order valence-corrected chi connectivity index (χ2v) is 5.93. The van der Waals surface area contributed by atoms with E-state index in [2.05, 4.69) is 24.8 Å². The molecule has 0 fully saturated rings. The van der Waals surface area contributed by atoms with Crippen LogP contribution >= 0.6 is 0 Å². The molecule has 0 saturated heterocycles. The van der Waals surface area contributed by atoms with Gasteiger partial charge < -0.3 is 14.6 Å². The van der Waals surface area contributed by atoms with Crippen molar-refractivity contribution in [2.24, 2.45) is 0 Å². The Bertz CT molecular complexity index is 817. The van der Waals surface area contributed by atoms with E-state index in [0.29, 0.717) is 5.69 Å². The van der Waals surface area contributed by atoms with Crippen LogP contribution in [0.4, 0.5) is 11.4 Å². The molecule has 0 radical (unpaired) electrons. The van der Waals surface area contributed by atoms with Gasteiger partial charge in [-0.05, 0) is 31.9 Å². The van der Waals surface area contributed by atoms with Gasteiger partial charge in [-0.3, -0.25) is 10.1 Å². The summed E-state index contributed by atoms with van der Waals surface area (Å²) in [7, 11) is 1.19. The molecular formula is C16H19N5O4. The largest absolute Gasteiger partial charge is 0.465 e. The number of nitro benzene ring substituents is 1. The average Bonchev–Trinajstić information content (AvgIpc) is 3.05. The highest BCUT2D eigenvalue weighted by Gasteiger charge is 2.23. The zero-order valence-electron chi connectivity index (χ0n) is 14.1. The number of aromatic nitrogens is 3. The Kier molecular flexibility index (Phi) is 4.64. The monoisotopic (exact) mass is 345 g/mol. The number of benzene rings is 1. The molecule has 1 aliphatic rings. The fourth-order valence-electron chi connectivity index (χ4n) is 3.02. The van der Waals surface area contributed by atoms with E-state index >= 15 is 0 Å². The fourth-order valence-corrected chi connectivity index (χ4v) is 3.02. The molecule has 1 aromatic heterocycles. The van der Waals surface area contributed by atoms with Gasteiger partial charge in [-0.2, -0.15) is 0 Å². The Balaban J connectivity index is 1.86. The lowest BCUT2D eigenvalue weighted by Gasteiger charge is -2.19. The van der Waals surface area contributed by atoms with Crippen LogP contribution in [0, 0.1) is 10.1 Å². The lowest BCUT2D eigenvalue weighted by molar-refractivity contribution is -0.385. The molecule has 0 spiro atoms. The van der Waals surface area contributed by atoms with E-state index < -0.39 is 10.9 Å². The van der Waals surface area contributed by atoms with Gasteiger partial charge in [-0.1, -0.05) is 0 Å². The summed E-state index contributed by atoms with van der Waals surface area (Å²) in [6, 6.07) is 4.12. The number of esters is 1. The lowest BCUT2D eigenvalue weighted by Crippen LogP contribution is -2.18. The minimum absolute atomic E-state index is 0.0898. The third-order valence-corrected chi connectivity index (χ3v) is 4.26. The maximum absolute atomic E-state index is 11.8. The maximum atomic E-state index is 11.8. The Morgan fingerprint density at radius 2 is 2.20 bits per heavy atom. The minimum atomic E-state index is -0.747. The zero-order valence-corrected chi connectivity index (χ0v) is 14.1. The van der Waals surface area contributed by atoms with Crippen molar-refractivity contribution in [3.63, 3.8) is 0 Å². The molecule has 0 amide bonds. The third kappa shape index (κ3) is 3.30. The van der Waals surface area contributed by atoms with Gasteiger partial charge in [0.1, 0.15) is 11.4 Å². The highest BCUT2D eigenvalue weighted by Crippen LogP contribution is 2.27. The van der Waals surface area contributed by atoms with Crippen LogP contribution in [0.2, 0.25) is 0 Å². The van der Waals surface area contributed by atoms with Crippen LogP contribution in [0.3, 0.4) is 0 Å². The molecular weight excluding hydrogens is 326 g/mol. The number of nitrogens with zero attached hydrogens (tertiary/aromatic N) is 4. The second-order valence-electron chi connectivity index (χ2n) is 5.93. The number of ether oxygens (including phenoxy) is 1. The molecule has 1 atom stereocenters. The summed E-state index contributed by atoms with van der Waals surface area (Å²) >= 11 is 0. The van der Waals surface area contributed by atoms with Gasteiger partial charge in [0.15, 0.2) is 5.82 Å². The SMILES string of the molecule is COC(=O)c1cc(NC(C)c2nnc3n2CCCC3)ccc1[N+](=O)[O-]. The van der Waals surface area contributed by atoms with Crippen LogP contribution in [0.25, 0.3) is 0 Å². The number of rotatable bonds is 5. The average molecular weight is 345 g/mol. The van der Waals surface area contributed by atoms with E-state index in [4.69, 9.17) is 0 Å².